The van der Waals surface area contributed by atoms with Crippen molar-refractivity contribution in [3.8, 4) is 0 Å². The fourth-order valence-electron chi connectivity index (χ4n) is 2.02. The van der Waals surface area contributed by atoms with Crippen molar-refractivity contribution in [2.75, 3.05) is 20.2 Å². The molecule has 7 nitrogen and oxygen atoms in total. The van der Waals surface area contributed by atoms with Crippen LogP contribution in [0.15, 0.2) is 0 Å². The quantitative estimate of drug-likeness (QED) is 0.425. The van der Waals surface area contributed by atoms with Gasteiger partial charge in [-0.15, -0.1) is 0 Å². The van der Waals surface area contributed by atoms with E-state index < -0.39 is 29.3 Å². The summed E-state index contributed by atoms with van der Waals surface area (Å²) >= 11 is 0. The molecule has 1 aliphatic rings. The number of nitro groups is 1. The number of rotatable bonds is 4. The molecule has 0 aromatic carbocycles. The lowest BCUT2D eigenvalue weighted by Crippen LogP contribution is -2.40. The third kappa shape index (κ3) is 3.69. The standard InChI is InChI=1S/C10H16N2O5/c1-17-10(14)8(6-12(15)16)7-4-2-3-5-11-9(7)13/h7-8H,2-6H2,1H3,(H,11,13). The van der Waals surface area contributed by atoms with E-state index in [1.165, 1.54) is 7.11 Å². The Hall–Kier alpha value is -1.66. The molecular weight excluding hydrogens is 228 g/mol. The summed E-state index contributed by atoms with van der Waals surface area (Å²) < 4.78 is 4.53. The Morgan fingerprint density at radius 3 is 2.94 bits per heavy atom. The number of nitrogens with one attached hydrogen (secondary N) is 1. The second-order valence-electron chi connectivity index (χ2n) is 4.04. The lowest BCUT2D eigenvalue weighted by atomic mass is 9.88. The molecule has 17 heavy (non-hydrogen) atoms. The van der Waals surface area contributed by atoms with Crippen molar-refractivity contribution in [1.82, 2.24) is 5.32 Å². The van der Waals surface area contributed by atoms with Crippen LogP contribution in [0.25, 0.3) is 0 Å². The average Bonchev–Trinajstić information content (AvgIpc) is 2.49. The van der Waals surface area contributed by atoms with E-state index in [0.717, 1.165) is 12.8 Å². The molecule has 1 aliphatic heterocycles. The van der Waals surface area contributed by atoms with Gasteiger partial charge in [-0.25, -0.2) is 0 Å². The summed E-state index contributed by atoms with van der Waals surface area (Å²) in [6.45, 7) is -0.00749. The number of carbonyl (C=O) groups excluding carboxylic acids is 2. The fraction of sp³-hybridized carbons (Fsp3) is 0.800. The summed E-state index contributed by atoms with van der Waals surface area (Å²) in [5.41, 5.74) is 0. The van der Waals surface area contributed by atoms with Gasteiger partial charge in [0, 0.05) is 11.5 Å². The monoisotopic (exact) mass is 244 g/mol. The number of methoxy groups -OCH3 is 1. The lowest BCUT2D eigenvalue weighted by Gasteiger charge is -2.19. The largest absolute Gasteiger partial charge is 0.469 e. The van der Waals surface area contributed by atoms with Gasteiger partial charge in [-0.3, -0.25) is 19.7 Å². The second kappa shape index (κ2) is 6.17. The Bertz CT molecular complexity index is 318. The number of ether oxygens (including phenoxy) is 1. The van der Waals surface area contributed by atoms with Crippen LogP contribution in [0.3, 0.4) is 0 Å². The van der Waals surface area contributed by atoms with Crippen molar-refractivity contribution in [2.45, 2.75) is 19.3 Å². The second-order valence-corrected chi connectivity index (χ2v) is 4.04. The van der Waals surface area contributed by atoms with Crippen molar-refractivity contribution in [3.05, 3.63) is 10.1 Å². The molecule has 0 radical (unpaired) electrons. The van der Waals surface area contributed by atoms with Gasteiger partial charge in [-0.2, -0.15) is 0 Å². The Morgan fingerprint density at radius 1 is 1.65 bits per heavy atom. The van der Waals surface area contributed by atoms with Crippen LogP contribution in [0.1, 0.15) is 19.3 Å². The van der Waals surface area contributed by atoms with Gasteiger partial charge in [-0.05, 0) is 12.8 Å². The predicted octanol–water partition coefficient (Wildman–Crippen LogP) is -0.0314. The van der Waals surface area contributed by atoms with E-state index >= 15 is 0 Å². The molecule has 1 saturated heterocycles. The number of carbonyl (C=O) groups is 2. The fourth-order valence-corrected chi connectivity index (χ4v) is 2.02. The maximum Gasteiger partial charge on any atom is 0.316 e. The minimum absolute atomic E-state index is 0.292. The van der Waals surface area contributed by atoms with Crippen LogP contribution in [0, 0.1) is 22.0 Å². The maximum atomic E-state index is 11.7. The van der Waals surface area contributed by atoms with Crippen LogP contribution in [-0.4, -0.2) is 37.0 Å². The topological polar surface area (TPSA) is 98.5 Å². The van der Waals surface area contributed by atoms with E-state index in [9.17, 15) is 19.7 Å². The van der Waals surface area contributed by atoms with Crippen LogP contribution in [-0.2, 0) is 14.3 Å². The Balaban J connectivity index is 2.82. The third-order valence-corrected chi connectivity index (χ3v) is 2.91. The normalized spacial score (nSPS) is 22.2. The molecule has 0 spiro atoms. The van der Waals surface area contributed by atoms with Crippen molar-refractivity contribution in [2.24, 2.45) is 11.8 Å². The van der Waals surface area contributed by atoms with Gasteiger partial charge in [0.2, 0.25) is 12.5 Å². The Labute approximate surface area is 98.7 Å². The molecule has 1 rings (SSSR count). The zero-order valence-corrected chi connectivity index (χ0v) is 9.68. The van der Waals surface area contributed by atoms with Crippen LogP contribution >= 0.6 is 0 Å². The highest BCUT2D eigenvalue weighted by molar-refractivity contribution is 5.85. The van der Waals surface area contributed by atoms with Crippen LogP contribution in [0.4, 0.5) is 0 Å². The first kappa shape index (κ1) is 13.4. The third-order valence-electron chi connectivity index (χ3n) is 2.91. The predicted molar refractivity (Wildman–Crippen MR) is 57.7 cm³/mol. The molecule has 96 valence electrons. The summed E-state index contributed by atoms with van der Waals surface area (Å²) in [5, 5.41) is 13.2. The van der Waals surface area contributed by atoms with E-state index in [4.69, 9.17) is 0 Å². The zero-order chi connectivity index (χ0) is 12.8. The minimum Gasteiger partial charge on any atom is -0.469 e. The highest BCUT2D eigenvalue weighted by Gasteiger charge is 2.38. The van der Waals surface area contributed by atoms with E-state index in [1.54, 1.807) is 0 Å². The first-order chi connectivity index (χ1) is 8.06. The molecule has 0 bridgehead atoms. The van der Waals surface area contributed by atoms with E-state index in [2.05, 4.69) is 10.1 Å². The Kier molecular flexibility index (Phi) is 4.86. The van der Waals surface area contributed by atoms with E-state index in [0.29, 0.717) is 13.0 Å². The van der Waals surface area contributed by atoms with Gasteiger partial charge in [0.05, 0.1) is 13.0 Å². The first-order valence-electron chi connectivity index (χ1n) is 5.53. The van der Waals surface area contributed by atoms with Crippen molar-refractivity contribution in [1.29, 1.82) is 0 Å². The summed E-state index contributed by atoms with van der Waals surface area (Å²) in [6.07, 6.45) is 2.09. The molecule has 0 saturated carbocycles. The number of hydrogen-bond acceptors (Lipinski definition) is 5. The van der Waals surface area contributed by atoms with Crippen molar-refractivity contribution < 1.29 is 19.2 Å². The molecule has 1 heterocycles. The van der Waals surface area contributed by atoms with E-state index in [-0.39, 0.29) is 5.91 Å². The average molecular weight is 244 g/mol. The molecule has 0 aromatic rings. The molecule has 1 amide bonds. The summed E-state index contributed by atoms with van der Waals surface area (Å²) in [7, 11) is 1.17. The van der Waals surface area contributed by atoms with Gasteiger partial charge < -0.3 is 10.1 Å². The maximum absolute atomic E-state index is 11.7. The smallest absolute Gasteiger partial charge is 0.316 e. The van der Waals surface area contributed by atoms with Crippen LogP contribution in [0.5, 0.6) is 0 Å². The van der Waals surface area contributed by atoms with Gasteiger partial charge in [-0.1, -0.05) is 6.42 Å². The van der Waals surface area contributed by atoms with Crippen LogP contribution < -0.4 is 5.32 Å². The van der Waals surface area contributed by atoms with E-state index in [1.807, 2.05) is 0 Å². The summed E-state index contributed by atoms with van der Waals surface area (Å²) in [5.74, 6) is -2.63. The number of amides is 1. The zero-order valence-electron chi connectivity index (χ0n) is 9.68. The van der Waals surface area contributed by atoms with Gasteiger partial charge in [0.1, 0.15) is 5.92 Å². The summed E-state index contributed by atoms with van der Waals surface area (Å²) in [4.78, 5) is 33.2. The Morgan fingerprint density at radius 2 is 2.35 bits per heavy atom. The molecule has 0 aliphatic carbocycles. The SMILES string of the molecule is COC(=O)C(C[N+](=O)[O-])C1CCCCNC1=O. The summed E-state index contributed by atoms with van der Waals surface area (Å²) in [6, 6.07) is 0. The number of esters is 1. The van der Waals surface area contributed by atoms with Gasteiger partial charge in [0.15, 0.2) is 0 Å². The molecule has 2 atom stereocenters. The van der Waals surface area contributed by atoms with Crippen molar-refractivity contribution in [3.63, 3.8) is 0 Å². The van der Waals surface area contributed by atoms with Gasteiger partial charge >= 0.3 is 5.97 Å². The highest BCUT2D eigenvalue weighted by Crippen LogP contribution is 2.23. The van der Waals surface area contributed by atoms with Crippen LogP contribution in [0.2, 0.25) is 0 Å². The molecular formula is C10H16N2O5. The number of nitrogens with zero attached hydrogens (tertiary/aromatic N) is 1. The van der Waals surface area contributed by atoms with Crippen molar-refractivity contribution >= 4 is 11.9 Å². The van der Waals surface area contributed by atoms with Gasteiger partial charge in [0.25, 0.3) is 0 Å². The molecule has 1 fully saturated rings. The molecule has 2 unspecified atom stereocenters. The molecule has 0 aromatic heterocycles. The number of hydrogen-bond donors (Lipinski definition) is 1. The lowest BCUT2D eigenvalue weighted by molar-refractivity contribution is -0.487. The first-order valence-corrected chi connectivity index (χ1v) is 5.53. The minimum atomic E-state index is -0.993. The highest BCUT2D eigenvalue weighted by atomic mass is 16.6. The molecule has 7 heteroatoms. The molecule has 1 N–H and O–H groups in total.